The molecule has 1 amide bonds. The smallest absolute Gasteiger partial charge is 0.412 e. The topological polar surface area (TPSA) is 50.4 Å². The molecule has 124 valence electrons. The van der Waals surface area contributed by atoms with Crippen molar-refractivity contribution in [1.82, 2.24) is 0 Å². The van der Waals surface area contributed by atoms with Gasteiger partial charge in [0, 0.05) is 12.2 Å². The maximum atomic E-state index is 13.8. The van der Waals surface area contributed by atoms with Crippen LogP contribution in [-0.4, -0.2) is 18.2 Å². The standard InChI is InChI=1S/C17H27FN2O2/c1-5-6-7-8-11-19-13-9-10-14(18)15(12-13)20-16(21)22-17(2,3)4/h9-10,12,19H,5-8,11H2,1-4H3,(H,20,21). The molecule has 2 N–H and O–H groups in total. The lowest BCUT2D eigenvalue weighted by atomic mass is 10.2. The molecule has 0 saturated carbocycles. The summed E-state index contributed by atoms with van der Waals surface area (Å²) in [5.74, 6) is -0.484. The van der Waals surface area contributed by atoms with E-state index < -0.39 is 17.5 Å². The van der Waals surface area contributed by atoms with Gasteiger partial charge in [-0.1, -0.05) is 26.2 Å². The van der Waals surface area contributed by atoms with E-state index in [4.69, 9.17) is 4.74 Å². The lowest BCUT2D eigenvalue weighted by Gasteiger charge is -2.20. The first kappa shape index (κ1) is 18.3. The van der Waals surface area contributed by atoms with Gasteiger partial charge in [0.15, 0.2) is 0 Å². The number of nitrogens with one attached hydrogen (secondary N) is 2. The van der Waals surface area contributed by atoms with E-state index in [-0.39, 0.29) is 5.69 Å². The summed E-state index contributed by atoms with van der Waals surface area (Å²) < 4.78 is 18.9. The van der Waals surface area contributed by atoms with E-state index in [1.54, 1.807) is 32.9 Å². The predicted molar refractivity (Wildman–Crippen MR) is 88.9 cm³/mol. The second kappa shape index (κ2) is 8.61. The van der Waals surface area contributed by atoms with Gasteiger partial charge in [0.2, 0.25) is 0 Å². The third-order valence-corrected chi connectivity index (χ3v) is 2.96. The molecular formula is C17H27FN2O2. The molecule has 0 aliphatic carbocycles. The van der Waals surface area contributed by atoms with Crippen LogP contribution in [0.3, 0.4) is 0 Å². The Morgan fingerprint density at radius 3 is 2.59 bits per heavy atom. The molecule has 0 unspecified atom stereocenters. The van der Waals surface area contributed by atoms with Crippen LogP contribution in [0, 0.1) is 5.82 Å². The molecule has 0 fully saturated rings. The summed E-state index contributed by atoms with van der Waals surface area (Å²) in [6, 6.07) is 4.58. The second-order valence-corrected chi connectivity index (χ2v) is 6.31. The summed E-state index contributed by atoms with van der Waals surface area (Å²) >= 11 is 0. The number of carbonyl (C=O) groups excluding carboxylic acids is 1. The van der Waals surface area contributed by atoms with Crippen molar-refractivity contribution >= 4 is 17.5 Å². The first-order chi connectivity index (χ1) is 10.3. The number of amides is 1. The number of anilines is 2. The van der Waals surface area contributed by atoms with E-state index in [0.29, 0.717) is 0 Å². The third kappa shape index (κ3) is 7.29. The Hall–Kier alpha value is -1.78. The average molecular weight is 310 g/mol. The van der Waals surface area contributed by atoms with Crippen LogP contribution >= 0.6 is 0 Å². The van der Waals surface area contributed by atoms with Gasteiger partial charge in [0.1, 0.15) is 11.4 Å². The molecule has 0 aliphatic heterocycles. The Kier molecular flexibility index (Phi) is 7.15. The van der Waals surface area contributed by atoms with Gasteiger partial charge in [0.05, 0.1) is 5.69 Å². The van der Waals surface area contributed by atoms with Gasteiger partial charge in [-0.15, -0.1) is 0 Å². The number of carbonyl (C=O) groups is 1. The molecule has 0 heterocycles. The van der Waals surface area contributed by atoms with E-state index in [0.717, 1.165) is 18.7 Å². The molecule has 0 saturated heterocycles. The van der Waals surface area contributed by atoms with E-state index in [1.807, 2.05) is 0 Å². The molecule has 0 aromatic heterocycles. The van der Waals surface area contributed by atoms with Crippen LogP contribution in [0.25, 0.3) is 0 Å². The number of hydrogen-bond acceptors (Lipinski definition) is 3. The number of rotatable bonds is 7. The predicted octanol–water partition coefficient (Wildman–Crippen LogP) is 5.16. The highest BCUT2D eigenvalue weighted by molar-refractivity contribution is 5.85. The Bertz CT molecular complexity index is 484. The number of ether oxygens (including phenoxy) is 1. The summed E-state index contributed by atoms with van der Waals surface area (Å²) in [5, 5.41) is 5.68. The van der Waals surface area contributed by atoms with Crippen molar-refractivity contribution in [2.45, 2.75) is 59.0 Å². The van der Waals surface area contributed by atoms with E-state index in [9.17, 15) is 9.18 Å². The number of unbranched alkanes of at least 4 members (excludes halogenated alkanes) is 3. The van der Waals surface area contributed by atoms with Crippen LogP contribution < -0.4 is 10.6 Å². The summed E-state index contributed by atoms with van der Waals surface area (Å²) in [7, 11) is 0. The maximum absolute atomic E-state index is 13.8. The van der Waals surface area contributed by atoms with Gasteiger partial charge < -0.3 is 10.1 Å². The molecule has 5 heteroatoms. The zero-order valence-electron chi connectivity index (χ0n) is 14.0. The number of hydrogen-bond donors (Lipinski definition) is 2. The molecule has 4 nitrogen and oxygen atoms in total. The van der Waals surface area contributed by atoms with Crippen molar-refractivity contribution in [1.29, 1.82) is 0 Å². The van der Waals surface area contributed by atoms with Crippen molar-refractivity contribution in [3.05, 3.63) is 24.0 Å². The fourth-order valence-corrected chi connectivity index (χ4v) is 1.93. The lowest BCUT2D eigenvalue weighted by Crippen LogP contribution is -2.27. The Balaban J connectivity index is 2.56. The highest BCUT2D eigenvalue weighted by Crippen LogP contribution is 2.21. The van der Waals surface area contributed by atoms with Gasteiger partial charge in [-0.2, -0.15) is 0 Å². The molecule has 22 heavy (non-hydrogen) atoms. The third-order valence-electron chi connectivity index (χ3n) is 2.96. The molecule has 0 bridgehead atoms. The minimum absolute atomic E-state index is 0.118. The van der Waals surface area contributed by atoms with Crippen LogP contribution in [0.1, 0.15) is 53.4 Å². The van der Waals surface area contributed by atoms with Gasteiger partial charge >= 0.3 is 6.09 Å². The normalized spacial score (nSPS) is 11.1. The molecular weight excluding hydrogens is 283 g/mol. The van der Waals surface area contributed by atoms with Crippen molar-refractivity contribution < 1.29 is 13.9 Å². The van der Waals surface area contributed by atoms with E-state index in [1.165, 1.54) is 25.3 Å². The maximum Gasteiger partial charge on any atom is 0.412 e. The molecule has 1 aromatic carbocycles. The lowest BCUT2D eigenvalue weighted by molar-refractivity contribution is 0.0635. The largest absolute Gasteiger partial charge is 0.444 e. The Labute approximate surface area is 132 Å². The van der Waals surface area contributed by atoms with Crippen molar-refractivity contribution in [3.63, 3.8) is 0 Å². The van der Waals surface area contributed by atoms with Crippen LogP contribution in [0.5, 0.6) is 0 Å². The van der Waals surface area contributed by atoms with Crippen LogP contribution in [0.15, 0.2) is 18.2 Å². The van der Waals surface area contributed by atoms with Gasteiger partial charge in [0.25, 0.3) is 0 Å². The zero-order chi connectivity index (χ0) is 16.6. The molecule has 0 atom stereocenters. The first-order valence-corrected chi connectivity index (χ1v) is 7.85. The van der Waals surface area contributed by atoms with E-state index in [2.05, 4.69) is 17.6 Å². The quantitative estimate of drug-likeness (QED) is 0.683. The second-order valence-electron chi connectivity index (χ2n) is 6.31. The summed E-state index contributed by atoms with van der Waals surface area (Å²) in [5.41, 5.74) is 0.284. The van der Waals surface area contributed by atoms with Crippen molar-refractivity contribution in [3.8, 4) is 0 Å². The minimum Gasteiger partial charge on any atom is -0.444 e. The van der Waals surface area contributed by atoms with Crippen molar-refractivity contribution in [2.24, 2.45) is 0 Å². The fraction of sp³-hybridized carbons (Fsp3) is 0.588. The fourth-order valence-electron chi connectivity index (χ4n) is 1.93. The van der Waals surface area contributed by atoms with Gasteiger partial charge in [-0.3, -0.25) is 5.32 Å². The highest BCUT2D eigenvalue weighted by atomic mass is 19.1. The van der Waals surface area contributed by atoms with Crippen LogP contribution in [0.4, 0.5) is 20.6 Å². The number of halogens is 1. The average Bonchev–Trinajstić information content (AvgIpc) is 2.40. The number of benzene rings is 1. The monoisotopic (exact) mass is 310 g/mol. The molecule has 1 aromatic rings. The molecule has 0 radical (unpaired) electrons. The molecule has 0 aliphatic rings. The molecule has 1 rings (SSSR count). The zero-order valence-corrected chi connectivity index (χ0v) is 14.0. The van der Waals surface area contributed by atoms with Gasteiger partial charge in [-0.05, 0) is 45.4 Å². The SMILES string of the molecule is CCCCCCNc1ccc(F)c(NC(=O)OC(C)(C)C)c1. The Morgan fingerprint density at radius 2 is 1.95 bits per heavy atom. The van der Waals surface area contributed by atoms with Crippen LogP contribution in [0.2, 0.25) is 0 Å². The minimum atomic E-state index is -0.661. The molecule has 0 spiro atoms. The van der Waals surface area contributed by atoms with Gasteiger partial charge in [-0.25, -0.2) is 9.18 Å². The van der Waals surface area contributed by atoms with Crippen LogP contribution in [-0.2, 0) is 4.74 Å². The summed E-state index contributed by atoms with van der Waals surface area (Å²) in [6.07, 6.45) is 4.00. The summed E-state index contributed by atoms with van der Waals surface area (Å²) in [6.45, 7) is 8.28. The van der Waals surface area contributed by atoms with Crippen molar-refractivity contribution in [2.75, 3.05) is 17.2 Å². The Morgan fingerprint density at radius 1 is 1.23 bits per heavy atom. The highest BCUT2D eigenvalue weighted by Gasteiger charge is 2.17. The van der Waals surface area contributed by atoms with E-state index >= 15 is 0 Å². The first-order valence-electron chi connectivity index (χ1n) is 7.85. The summed E-state index contributed by atoms with van der Waals surface area (Å²) in [4.78, 5) is 11.7.